The number of benzene rings is 6. The van der Waals surface area contributed by atoms with Crippen molar-refractivity contribution in [2.24, 2.45) is 0 Å². The van der Waals surface area contributed by atoms with E-state index in [9.17, 15) is 28.8 Å². The lowest BCUT2D eigenvalue weighted by atomic mass is 9.94. The van der Waals surface area contributed by atoms with Crippen LogP contribution in [0.3, 0.4) is 0 Å². The number of carbonyl (C=O) groups is 6. The molecule has 3 N–H and O–H groups in total. The Morgan fingerprint density at radius 1 is 0.353 bits per heavy atom. The second-order valence-electron chi connectivity index (χ2n) is 30.4. The number of amides is 3. The molecule has 12 aromatic rings. The first kappa shape index (κ1) is 80.3. The van der Waals surface area contributed by atoms with Crippen molar-refractivity contribution in [2.75, 3.05) is 122 Å². The average Bonchev–Trinajstić information content (AvgIpc) is 1.45. The van der Waals surface area contributed by atoms with E-state index in [-0.39, 0.29) is 35.1 Å². The van der Waals surface area contributed by atoms with E-state index >= 15 is 0 Å². The molecule has 28 heteroatoms. The first-order valence-electron chi connectivity index (χ1n) is 40.5. The fourth-order valence-electron chi connectivity index (χ4n) is 16.3. The van der Waals surface area contributed by atoms with Crippen molar-refractivity contribution >= 4 is 165 Å². The average molecular weight is 1670 g/mol. The summed E-state index contributed by atoms with van der Waals surface area (Å²) in [4.78, 5) is 123. The summed E-state index contributed by atoms with van der Waals surface area (Å²) < 4.78 is 8.58. The predicted octanol–water partition coefficient (Wildman–Crippen LogP) is 17.0. The fraction of sp³-hybridized carbons (Fsp3) is 0.386. The Morgan fingerprint density at radius 2 is 0.664 bits per heavy atom. The highest BCUT2D eigenvalue weighted by molar-refractivity contribution is 7.23. The molecule has 0 unspecified atom stereocenters. The van der Waals surface area contributed by atoms with Crippen molar-refractivity contribution in [2.45, 2.75) is 130 Å². The maximum absolute atomic E-state index is 13.4. The topological polar surface area (TPSA) is 245 Å². The van der Waals surface area contributed by atoms with E-state index in [1.54, 1.807) is 54.8 Å². The van der Waals surface area contributed by atoms with Crippen LogP contribution in [0.2, 0.25) is 0 Å². The highest BCUT2D eigenvalue weighted by Crippen LogP contribution is 2.39. The molecule has 3 saturated heterocycles. The zero-order valence-electron chi connectivity index (χ0n) is 65.7. The van der Waals surface area contributed by atoms with E-state index in [1.165, 1.54) is 109 Å². The van der Waals surface area contributed by atoms with Crippen LogP contribution in [0, 0.1) is 0 Å². The van der Waals surface area contributed by atoms with Gasteiger partial charge in [0.2, 0.25) is 0 Å². The molecule has 0 spiro atoms. The van der Waals surface area contributed by atoms with Crippen LogP contribution in [0.1, 0.15) is 183 Å². The Balaban J connectivity index is 0.000000131. The fourth-order valence-corrected chi connectivity index (χ4v) is 22.4. The minimum absolute atomic E-state index is 0.00665. The quantitative estimate of drug-likeness (QED) is 0.0476. The van der Waals surface area contributed by atoms with Gasteiger partial charge in [-0.3, -0.25) is 49.6 Å². The van der Waals surface area contributed by atoms with Gasteiger partial charge in [0, 0.05) is 104 Å². The van der Waals surface area contributed by atoms with Crippen LogP contribution >= 0.6 is 68.0 Å². The minimum atomic E-state index is -0.153. The number of nitrogens with one attached hydrogen (secondary N) is 3. The van der Waals surface area contributed by atoms with Gasteiger partial charge in [-0.1, -0.05) is 113 Å². The number of fused-ring (bicyclic) bond motifs is 6. The number of morpholine rings is 1. The van der Waals surface area contributed by atoms with E-state index in [2.05, 4.69) is 78.5 Å². The normalized spacial score (nSPS) is 15.8. The number of ether oxygens (including phenoxy) is 1. The second kappa shape index (κ2) is 37.4. The summed E-state index contributed by atoms with van der Waals surface area (Å²) >= 11 is 9.33. The summed E-state index contributed by atoms with van der Waals surface area (Å²) in [7, 11) is 0. The number of carbonyl (C=O) groups excluding carboxylic acids is 6. The Morgan fingerprint density at radius 3 is 0.983 bits per heavy atom. The number of hydrogen-bond acceptors (Lipinski definition) is 25. The van der Waals surface area contributed by atoms with Gasteiger partial charge in [-0.15, -0.1) is 34.0 Å². The monoisotopic (exact) mass is 1670 g/mol. The number of ketones is 3. The lowest BCUT2D eigenvalue weighted by molar-refractivity contribution is 0.0375. The van der Waals surface area contributed by atoms with Gasteiger partial charge in [-0.25, -0.2) is 29.9 Å². The number of likely N-dealkylation sites (tertiary alicyclic amines) is 2. The number of piperidine rings is 1. The number of aryl methyl sites for hydroxylation is 3. The van der Waals surface area contributed by atoms with Gasteiger partial charge in [0.15, 0.2) is 48.1 Å². The molecule has 116 heavy (non-hydrogen) atoms. The molecule has 6 aromatic heterocycles. The summed E-state index contributed by atoms with van der Waals surface area (Å²) in [5.41, 5.74) is 13.1. The van der Waals surface area contributed by atoms with Crippen LogP contribution in [0.25, 0.3) is 30.6 Å². The standard InChI is InChI=1S/C30H33N5O2S2.C29H31N5O3S2.C29H31N5O2S2/c1-20(36)27-26(13-8-17-34-15-5-2-6-16-34)39-30(32-27)35-18-14-21-9-7-10-22(23(21)19-35)28(37)33-29-31-24-11-3-4-12-25(24)38-29;1-19(35)26-25(10-5-12-33-14-16-37-17-15-33)39-29(31-26)34-13-11-20-6-4-7-21(22(20)18-34)27(36)32-28-30-23-8-2-3-9-24(23)38-28;1-19(35)26-25(12-7-16-33-14-4-5-15-33)38-29(31-26)34-17-13-20-8-6-9-21(22(20)18-34)27(36)32-28-30-23-10-2-3-11-24(23)37-28/h3-4,7,9-12H,2,5-6,8,13-19H2,1H3,(H,31,33,37);2-4,6-9H,5,10-18H2,1H3,(H,30,32,36);2-3,6,8-11H,4-5,7,12-18H2,1H3,(H,30,32,36). The smallest absolute Gasteiger partial charge is 0.257 e. The molecule has 6 aliphatic rings. The van der Waals surface area contributed by atoms with E-state index in [4.69, 9.17) is 19.7 Å². The summed E-state index contributed by atoms with van der Waals surface area (Å²) in [5, 5.41) is 13.5. The maximum Gasteiger partial charge on any atom is 0.257 e. The van der Waals surface area contributed by atoms with Gasteiger partial charge in [0.05, 0.1) is 43.9 Å². The minimum Gasteiger partial charge on any atom is -0.379 e. The third-order valence-corrected chi connectivity index (χ3v) is 28.7. The first-order valence-corrected chi connectivity index (χ1v) is 45.4. The molecular weight excluding hydrogens is 1570 g/mol. The molecule has 22 nitrogen and oxygen atoms in total. The molecule has 12 heterocycles. The number of aromatic nitrogens is 6. The van der Waals surface area contributed by atoms with Crippen molar-refractivity contribution in [1.29, 1.82) is 0 Å². The largest absolute Gasteiger partial charge is 0.379 e. The van der Waals surface area contributed by atoms with Crippen molar-refractivity contribution < 1.29 is 33.5 Å². The summed E-state index contributed by atoms with van der Waals surface area (Å²) in [6, 6.07) is 41.5. The molecule has 0 bridgehead atoms. The molecule has 6 aliphatic heterocycles. The van der Waals surface area contributed by atoms with Gasteiger partial charge >= 0.3 is 0 Å². The Labute approximate surface area is 699 Å². The lowest BCUT2D eigenvalue weighted by Crippen LogP contribution is -2.36. The summed E-state index contributed by atoms with van der Waals surface area (Å²) in [5.74, 6) is -0.383. The highest BCUT2D eigenvalue weighted by Gasteiger charge is 2.32. The number of nitrogens with zero attached hydrogens (tertiary/aromatic N) is 12. The third-order valence-electron chi connectivity index (χ3n) is 22.4. The summed E-state index contributed by atoms with van der Waals surface area (Å²) in [6.07, 6.45) is 14.7. The molecule has 3 amide bonds. The number of thiazole rings is 6. The molecule has 0 aliphatic carbocycles. The lowest BCUT2D eigenvalue weighted by Gasteiger charge is -2.29. The Hall–Kier alpha value is -9.46. The second-order valence-corrected chi connectivity index (χ2v) is 36.6. The van der Waals surface area contributed by atoms with Crippen molar-refractivity contribution in [3.8, 4) is 0 Å². The number of anilines is 6. The van der Waals surface area contributed by atoms with E-state index < -0.39 is 0 Å². The predicted molar refractivity (Wildman–Crippen MR) is 471 cm³/mol. The zero-order chi connectivity index (χ0) is 79.6. The number of rotatable bonds is 24. The van der Waals surface area contributed by atoms with Gasteiger partial charge < -0.3 is 29.2 Å². The highest BCUT2D eigenvalue weighted by atomic mass is 32.1. The van der Waals surface area contributed by atoms with Crippen molar-refractivity contribution in [3.05, 3.63) is 209 Å². The zero-order valence-corrected chi connectivity index (χ0v) is 70.6. The van der Waals surface area contributed by atoms with Crippen LogP contribution in [0.4, 0.5) is 30.8 Å². The van der Waals surface area contributed by atoms with Crippen molar-refractivity contribution in [1.82, 2.24) is 44.6 Å². The van der Waals surface area contributed by atoms with Crippen molar-refractivity contribution in [3.63, 3.8) is 0 Å². The first-order chi connectivity index (χ1) is 56.6. The number of Topliss-reactive ketones (excluding diaryl/α,β-unsaturated/α-hetero) is 3. The van der Waals surface area contributed by atoms with E-state index in [1.807, 2.05) is 109 Å². The summed E-state index contributed by atoms with van der Waals surface area (Å²) in [6.45, 7) is 20.5. The molecular formula is C88H95N15O7S6. The maximum atomic E-state index is 13.4. The SMILES string of the molecule is CC(=O)c1nc(N2CCc3cccc(C(=O)Nc4nc5ccccc5s4)c3C2)sc1CCCN1CCCC1.CC(=O)c1nc(N2CCc3cccc(C(=O)Nc4nc5ccccc5s4)c3C2)sc1CCCN1CCCCC1.CC(=O)c1nc(N2CCc3cccc(C(=O)Nc4nc5ccccc5s4)c3C2)sc1CCCN1CCOCC1. The van der Waals surface area contributed by atoms with Gasteiger partial charge in [-0.2, -0.15) is 0 Å². The molecule has 0 atom stereocenters. The van der Waals surface area contributed by atoms with E-state index in [0.717, 1.165) is 201 Å². The molecule has 3 fully saturated rings. The van der Waals surface area contributed by atoms with E-state index in [0.29, 0.717) is 68.8 Å². The molecule has 0 saturated carbocycles. The molecule has 6 aromatic carbocycles. The third kappa shape index (κ3) is 19.2. The van der Waals surface area contributed by atoms with Crippen LogP contribution in [-0.4, -0.2) is 171 Å². The number of para-hydroxylation sites is 3. The Bertz CT molecular complexity index is 5250. The van der Waals surface area contributed by atoms with Gasteiger partial charge in [0.1, 0.15) is 17.1 Å². The van der Waals surface area contributed by atoms with Crippen LogP contribution in [0.5, 0.6) is 0 Å². The van der Waals surface area contributed by atoms with Crippen LogP contribution in [-0.2, 0) is 62.9 Å². The number of hydrogen-bond donors (Lipinski definition) is 3. The van der Waals surface area contributed by atoms with Crippen LogP contribution in [0.15, 0.2) is 127 Å². The molecule has 600 valence electrons. The van der Waals surface area contributed by atoms with Gasteiger partial charge in [-0.05, 0) is 217 Å². The van der Waals surface area contributed by atoms with Gasteiger partial charge in [0.25, 0.3) is 17.7 Å². The van der Waals surface area contributed by atoms with Crippen LogP contribution < -0.4 is 30.7 Å². The molecule has 0 radical (unpaired) electrons. The Kier molecular flexibility index (Phi) is 25.9. The molecule has 18 rings (SSSR count).